The van der Waals surface area contributed by atoms with Crippen LogP contribution >= 0.6 is 0 Å². The highest BCUT2D eigenvalue weighted by Gasteiger charge is 2.26. The van der Waals surface area contributed by atoms with Gasteiger partial charge in [-0.3, -0.25) is 0 Å². The van der Waals surface area contributed by atoms with Crippen LogP contribution in [0, 0.1) is 5.82 Å². The Morgan fingerprint density at radius 3 is 2.80 bits per heavy atom. The number of fused-ring (bicyclic) bond motifs is 1. The number of hydrogen-bond acceptors (Lipinski definition) is 2. The van der Waals surface area contributed by atoms with Crippen molar-refractivity contribution in [1.82, 2.24) is 0 Å². The Morgan fingerprint density at radius 2 is 2.10 bits per heavy atom. The molecule has 0 spiro atoms. The maximum Gasteiger partial charge on any atom is 0.165 e. The number of ether oxygens (including phenoxy) is 1. The summed E-state index contributed by atoms with van der Waals surface area (Å²) in [6, 6.07) is 13.1. The molecule has 0 bridgehead atoms. The van der Waals surface area contributed by atoms with E-state index in [1.807, 2.05) is 25.1 Å². The van der Waals surface area contributed by atoms with Gasteiger partial charge in [-0.15, -0.1) is 0 Å². The molecule has 1 unspecified atom stereocenters. The first-order valence-corrected chi connectivity index (χ1v) is 6.91. The van der Waals surface area contributed by atoms with Crippen LogP contribution in [0.15, 0.2) is 42.5 Å². The molecular formula is C17H18FNO. The Balaban J connectivity index is 1.65. The second-order valence-corrected chi connectivity index (χ2v) is 5.39. The maximum absolute atomic E-state index is 13.9. The molecule has 0 aliphatic heterocycles. The van der Waals surface area contributed by atoms with E-state index in [9.17, 15) is 4.39 Å². The van der Waals surface area contributed by atoms with Crippen LogP contribution in [-0.4, -0.2) is 6.61 Å². The molecule has 0 aromatic heterocycles. The Hall–Kier alpha value is -1.87. The average molecular weight is 271 g/mol. The van der Waals surface area contributed by atoms with E-state index in [2.05, 4.69) is 12.1 Å². The van der Waals surface area contributed by atoms with Crippen molar-refractivity contribution in [2.45, 2.75) is 25.3 Å². The van der Waals surface area contributed by atoms with Crippen LogP contribution in [0.2, 0.25) is 0 Å². The zero-order valence-electron chi connectivity index (χ0n) is 11.5. The predicted octanol–water partition coefficient (Wildman–Crippen LogP) is 3.56. The molecule has 0 amide bonds. The fraction of sp³-hybridized carbons (Fsp3) is 0.294. The van der Waals surface area contributed by atoms with Crippen molar-refractivity contribution in [1.29, 1.82) is 0 Å². The molecule has 2 aromatic rings. The number of benzene rings is 2. The van der Waals surface area contributed by atoms with E-state index >= 15 is 0 Å². The van der Waals surface area contributed by atoms with Crippen molar-refractivity contribution in [3.63, 3.8) is 0 Å². The van der Waals surface area contributed by atoms with E-state index in [1.54, 1.807) is 6.07 Å². The van der Waals surface area contributed by atoms with E-state index in [0.29, 0.717) is 18.3 Å². The molecule has 3 heteroatoms. The van der Waals surface area contributed by atoms with Crippen LogP contribution in [0.4, 0.5) is 4.39 Å². The number of hydrogen-bond donors (Lipinski definition) is 1. The van der Waals surface area contributed by atoms with E-state index in [4.69, 9.17) is 10.5 Å². The highest BCUT2D eigenvalue weighted by atomic mass is 19.1. The molecule has 0 radical (unpaired) electrons. The Bertz CT molecular complexity index is 624. The summed E-state index contributed by atoms with van der Waals surface area (Å²) in [6.07, 6.45) is 1.01. The minimum Gasteiger partial charge on any atom is -0.490 e. The van der Waals surface area contributed by atoms with Gasteiger partial charge in [0.05, 0.1) is 6.61 Å². The van der Waals surface area contributed by atoms with Crippen LogP contribution in [-0.2, 0) is 6.42 Å². The van der Waals surface area contributed by atoms with Crippen molar-refractivity contribution < 1.29 is 9.13 Å². The van der Waals surface area contributed by atoms with E-state index in [1.165, 1.54) is 17.2 Å². The van der Waals surface area contributed by atoms with Gasteiger partial charge in [-0.25, -0.2) is 4.39 Å². The van der Waals surface area contributed by atoms with Gasteiger partial charge in [-0.1, -0.05) is 30.3 Å². The summed E-state index contributed by atoms with van der Waals surface area (Å²) >= 11 is 0. The fourth-order valence-electron chi connectivity index (χ4n) is 2.62. The highest BCUT2D eigenvalue weighted by Crippen LogP contribution is 2.35. The lowest BCUT2D eigenvalue weighted by Crippen LogP contribution is -2.23. The summed E-state index contributed by atoms with van der Waals surface area (Å²) in [5.41, 5.74) is 9.20. The van der Waals surface area contributed by atoms with Gasteiger partial charge in [0.2, 0.25) is 0 Å². The van der Waals surface area contributed by atoms with E-state index in [0.717, 1.165) is 12.0 Å². The fourth-order valence-corrected chi connectivity index (χ4v) is 2.62. The van der Waals surface area contributed by atoms with Crippen LogP contribution in [0.25, 0.3) is 0 Å². The van der Waals surface area contributed by atoms with Crippen molar-refractivity contribution in [3.8, 4) is 5.75 Å². The lowest BCUT2D eigenvalue weighted by atomic mass is 9.78. The quantitative estimate of drug-likeness (QED) is 0.922. The van der Waals surface area contributed by atoms with Crippen LogP contribution in [0.5, 0.6) is 5.75 Å². The van der Waals surface area contributed by atoms with Gasteiger partial charge in [0, 0.05) is 12.0 Å². The molecule has 20 heavy (non-hydrogen) atoms. The van der Waals surface area contributed by atoms with E-state index < -0.39 is 0 Å². The summed E-state index contributed by atoms with van der Waals surface area (Å²) in [6.45, 7) is 2.35. The number of halogens is 1. The first-order valence-electron chi connectivity index (χ1n) is 6.91. The predicted molar refractivity (Wildman–Crippen MR) is 77.4 cm³/mol. The summed E-state index contributed by atoms with van der Waals surface area (Å²) in [5, 5.41) is 0. The first-order chi connectivity index (χ1) is 9.65. The normalized spacial score (nSPS) is 18.1. The van der Waals surface area contributed by atoms with E-state index in [-0.39, 0.29) is 11.9 Å². The lowest BCUT2D eigenvalue weighted by Gasteiger charge is -2.29. The summed E-state index contributed by atoms with van der Waals surface area (Å²) < 4.78 is 19.5. The smallest absolute Gasteiger partial charge is 0.165 e. The Morgan fingerprint density at radius 1 is 1.30 bits per heavy atom. The summed E-state index contributed by atoms with van der Waals surface area (Å²) in [7, 11) is 0. The average Bonchev–Trinajstić information content (AvgIpc) is 2.41. The van der Waals surface area contributed by atoms with Crippen LogP contribution in [0.3, 0.4) is 0 Å². The van der Waals surface area contributed by atoms with Gasteiger partial charge >= 0.3 is 0 Å². The molecule has 1 aliphatic rings. The largest absolute Gasteiger partial charge is 0.490 e. The third-order valence-electron chi connectivity index (χ3n) is 3.88. The van der Waals surface area contributed by atoms with Gasteiger partial charge in [0.1, 0.15) is 0 Å². The molecule has 0 saturated carbocycles. The zero-order valence-corrected chi connectivity index (χ0v) is 11.5. The molecule has 2 aromatic carbocycles. The molecular weight excluding hydrogens is 253 g/mol. The minimum atomic E-state index is -0.340. The minimum absolute atomic E-state index is 0.169. The summed E-state index contributed by atoms with van der Waals surface area (Å²) in [4.78, 5) is 0. The van der Waals surface area contributed by atoms with Crippen LogP contribution in [0.1, 0.15) is 35.6 Å². The molecule has 2 atom stereocenters. The molecule has 0 heterocycles. The highest BCUT2D eigenvalue weighted by molar-refractivity contribution is 5.40. The van der Waals surface area contributed by atoms with Gasteiger partial charge < -0.3 is 10.5 Å². The lowest BCUT2D eigenvalue weighted by molar-refractivity contribution is 0.263. The second kappa shape index (κ2) is 5.25. The summed E-state index contributed by atoms with van der Waals surface area (Å²) in [5.74, 6) is 0.338. The van der Waals surface area contributed by atoms with Crippen molar-refractivity contribution in [2.24, 2.45) is 5.73 Å². The number of nitrogens with two attached hydrogens (primary N) is 1. The van der Waals surface area contributed by atoms with Crippen molar-refractivity contribution in [3.05, 3.63) is 65.0 Å². The first kappa shape index (κ1) is 13.1. The standard InChI is InChI=1S/C17H18FNO/c1-11(19)12-6-7-17(16(18)9-12)20-10-14-8-13-4-2-3-5-15(13)14/h2-7,9,11,14H,8,10,19H2,1H3/t11-,14?/m1/s1. The molecule has 2 N–H and O–H groups in total. The monoisotopic (exact) mass is 271 g/mol. The molecule has 3 rings (SSSR count). The van der Waals surface area contributed by atoms with Gasteiger partial charge in [-0.2, -0.15) is 0 Å². The third kappa shape index (κ3) is 2.41. The van der Waals surface area contributed by atoms with Crippen LogP contribution < -0.4 is 10.5 Å². The third-order valence-corrected chi connectivity index (χ3v) is 3.88. The van der Waals surface area contributed by atoms with Gasteiger partial charge in [-0.05, 0) is 42.2 Å². The molecule has 0 saturated heterocycles. The molecule has 1 aliphatic carbocycles. The molecule has 2 nitrogen and oxygen atoms in total. The Kier molecular flexibility index (Phi) is 3.45. The Labute approximate surface area is 118 Å². The SMILES string of the molecule is C[C@@H](N)c1ccc(OCC2Cc3ccccc32)c(F)c1. The molecule has 0 fully saturated rings. The van der Waals surface area contributed by atoms with Gasteiger partial charge in [0.25, 0.3) is 0 Å². The second-order valence-electron chi connectivity index (χ2n) is 5.39. The molecule has 104 valence electrons. The topological polar surface area (TPSA) is 35.2 Å². The zero-order chi connectivity index (χ0) is 14.1. The van der Waals surface area contributed by atoms with Crippen molar-refractivity contribution in [2.75, 3.05) is 6.61 Å². The number of rotatable bonds is 4. The van der Waals surface area contributed by atoms with Crippen molar-refractivity contribution >= 4 is 0 Å². The van der Waals surface area contributed by atoms with Gasteiger partial charge in [0.15, 0.2) is 11.6 Å². The maximum atomic E-state index is 13.9.